The van der Waals surface area contributed by atoms with E-state index in [9.17, 15) is 0 Å². The Hall–Kier alpha value is -1.80. The van der Waals surface area contributed by atoms with E-state index in [1.54, 1.807) is 7.05 Å². The van der Waals surface area contributed by atoms with Crippen LogP contribution in [0.1, 0.15) is 35.1 Å². The number of aliphatic imine (C=N–C) groups is 1. The van der Waals surface area contributed by atoms with Crippen molar-refractivity contribution in [2.45, 2.75) is 39.4 Å². The minimum absolute atomic E-state index is 0. The molecule has 0 aliphatic heterocycles. The maximum atomic E-state index is 6.07. The summed E-state index contributed by atoms with van der Waals surface area (Å²) in [5, 5.41) is 6.80. The Bertz CT molecular complexity index is 816. The maximum Gasteiger partial charge on any atom is 0.191 e. The van der Waals surface area contributed by atoms with Gasteiger partial charge in [-0.05, 0) is 62.5 Å². The van der Waals surface area contributed by atoms with E-state index in [2.05, 4.69) is 84.0 Å². The van der Waals surface area contributed by atoms with Crippen LogP contribution in [0.2, 0.25) is 0 Å². The molecule has 2 N–H and O–H groups in total. The maximum absolute atomic E-state index is 6.07. The topological polar surface area (TPSA) is 48.9 Å². The Morgan fingerprint density at radius 2 is 1.70 bits per heavy atom. The highest BCUT2D eigenvalue weighted by atomic mass is 127. The van der Waals surface area contributed by atoms with Gasteiger partial charge in [-0.25, -0.2) is 0 Å². The Morgan fingerprint density at radius 3 is 2.33 bits per heavy atom. The zero-order chi connectivity index (χ0) is 20.6. The molecule has 1 aliphatic carbocycles. The highest BCUT2D eigenvalue weighted by molar-refractivity contribution is 14.0. The number of hydrogen-bond acceptors (Lipinski definition) is 3. The number of nitrogens with one attached hydrogen (secondary N) is 2. The third kappa shape index (κ3) is 8.14. The molecular formula is C24H35IN4O. The highest BCUT2D eigenvalue weighted by Gasteiger charge is 2.22. The normalized spacial score (nSPS) is 13.7. The SMILES string of the molecule is CN=C(NCc1ccc(CN(C)C)cc1)NCc1ccc(C)cc1OCC1CC1.I. The molecule has 2 aromatic rings. The van der Waals surface area contributed by atoms with E-state index in [1.165, 1.54) is 29.5 Å². The van der Waals surface area contributed by atoms with Crippen molar-refractivity contribution in [2.24, 2.45) is 10.9 Å². The van der Waals surface area contributed by atoms with Crippen molar-refractivity contribution in [3.63, 3.8) is 0 Å². The third-order valence-electron chi connectivity index (χ3n) is 5.05. The van der Waals surface area contributed by atoms with Crippen molar-refractivity contribution in [2.75, 3.05) is 27.7 Å². The third-order valence-corrected chi connectivity index (χ3v) is 5.05. The summed E-state index contributed by atoms with van der Waals surface area (Å²) in [5.74, 6) is 2.52. The van der Waals surface area contributed by atoms with Gasteiger partial charge in [0.25, 0.3) is 0 Å². The van der Waals surface area contributed by atoms with Crippen LogP contribution in [0.25, 0.3) is 0 Å². The summed E-state index contributed by atoms with van der Waals surface area (Å²) in [5.41, 5.74) is 4.94. The van der Waals surface area contributed by atoms with Crippen LogP contribution in [0.15, 0.2) is 47.5 Å². The predicted molar refractivity (Wildman–Crippen MR) is 136 cm³/mol. The second kappa shape index (κ2) is 12.2. The number of benzene rings is 2. The van der Waals surface area contributed by atoms with E-state index in [0.717, 1.165) is 42.9 Å². The number of guanidine groups is 1. The summed E-state index contributed by atoms with van der Waals surface area (Å²) >= 11 is 0. The number of hydrogen-bond donors (Lipinski definition) is 2. The van der Waals surface area contributed by atoms with Crippen molar-refractivity contribution in [3.05, 3.63) is 64.7 Å². The second-order valence-electron chi connectivity index (χ2n) is 8.20. The molecule has 0 aromatic heterocycles. The van der Waals surface area contributed by atoms with Crippen LogP contribution in [0.3, 0.4) is 0 Å². The van der Waals surface area contributed by atoms with Crippen molar-refractivity contribution < 1.29 is 4.74 Å². The average Bonchev–Trinajstić information content (AvgIpc) is 3.53. The van der Waals surface area contributed by atoms with E-state index in [4.69, 9.17) is 4.74 Å². The van der Waals surface area contributed by atoms with E-state index in [1.807, 2.05) is 0 Å². The van der Waals surface area contributed by atoms with Crippen LogP contribution in [0.4, 0.5) is 0 Å². The second-order valence-corrected chi connectivity index (χ2v) is 8.20. The number of rotatable bonds is 9. The lowest BCUT2D eigenvalue weighted by atomic mass is 10.1. The summed E-state index contributed by atoms with van der Waals surface area (Å²) in [6.45, 7) is 5.31. The number of aryl methyl sites for hydroxylation is 1. The van der Waals surface area contributed by atoms with E-state index < -0.39 is 0 Å². The van der Waals surface area contributed by atoms with Gasteiger partial charge >= 0.3 is 0 Å². The Morgan fingerprint density at radius 1 is 1.03 bits per heavy atom. The lowest BCUT2D eigenvalue weighted by Crippen LogP contribution is -2.36. The summed E-state index contributed by atoms with van der Waals surface area (Å²) in [6, 6.07) is 15.1. The van der Waals surface area contributed by atoms with Gasteiger partial charge in [0.1, 0.15) is 5.75 Å². The molecule has 0 unspecified atom stereocenters. The van der Waals surface area contributed by atoms with Gasteiger partial charge in [-0.1, -0.05) is 36.4 Å². The molecule has 30 heavy (non-hydrogen) atoms. The largest absolute Gasteiger partial charge is 0.493 e. The lowest BCUT2D eigenvalue weighted by Gasteiger charge is -2.16. The molecule has 164 valence electrons. The molecule has 5 nitrogen and oxygen atoms in total. The van der Waals surface area contributed by atoms with Gasteiger partial charge in [0.2, 0.25) is 0 Å². The van der Waals surface area contributed by atoms with Gasteiger partial charge in [-0.2, -0.15) is 0 Å². The number of ether oxygens (including phenoxy) is 1. The summed E-state index contributed by atoms with van der Waals surface area (Å²) in [4.78, 5) is 6.53. The molecule has 0 radical (unpaired) electrons. The Balaban J connectivity index is 0.00000320. The first-order valence-corrected chi connectivity index (χ1v) is 10.4. The van der Waals surface area contributed by atoms with Crippen LogP contribution < -0.4 is 15.4 Å². The van der Waals surface area contributed by atoms with Crippen LogP contribution >= 0.6 is 24.0 Å². The van der Waals surface area contributed by atoms with Gasteiger partial charge in [0, 0.05) is 32.2 Å². The van der Waals surface area contributed by atoms with Crippen LogP contribution in [-0.4, -0.2) is 38.6 Å². The number of nitrogens with zero attached hydrogens (tertiary/aromatic N) is 2. The fourth-order valence-electron chi connectivity index (χ4n) is 3.15. The van der Waals surface area contributed by atoms with E-state index >= 15 is 0 Å². The van der Waals surface area contributed by atoms with Gasteiger partial charge in [-0.15, -0.1) is 24.0 Å². The molecule has 3 rings (SSSR count). The van der Waals surface area contributed by atoms with Crippen LogP contribution in [-0.2, 0) is 19.6 Å². The molecule has 0 spiro atoms. The highest BCUT2D eigenvalue weighted by Crippen LogP contribution is 2.30. The van der Waals surface area contributed by atoms with Crippen LogP contribution in [0, 0.1) is 12.8 Å². The first kappa shape index (κ1) is 24.5. The number of halogens is 1. The smallest absolute Gasteiger partial charge is 0.191 e. The predicted octanol–water partition coefficient (Wildman–Crippen LogP) is 4.33. The Kier molecular flexibility index (Phi) is 9.91. The van der Waals surface area contributed by atoms with Gasteiger partial charge in [0.15, 0.2) is 5.96 Å². The van der Waals surface area contributed by atoms with Crippen molar-refractivity contribution in [1.29, 1.82) is 0 Å². The summed E-state index contributed by atoms with van der Waals surface area (Å²) in [6.07, 6.45) is 2.60. The molecule has 2 aromatic carbocycles. The van der Waals surface area contributed by atoms with E-state index in [0.29, 0.717) is 6.54 Å². The molecular weight excluding hydrogens is 487 g/mol. The van der Waals surface area contributed by atoms with Gasteiger partial charge in [-0.3, -0.25) is 4.99 Å². The monoisotopic (exact) mass is 522 g/mol. The molecule has 6 heteroatoms. The van der Waals surface area contributed by atoms with Crippen molar-refractivity contribution in [3.8, 4) is 5.75 Å². The fourth-order valence-corrected chi connectivity index (χ4v) is 3.15. The zero-order valence-electron chi connectivity index (χ0n) is 18.6. The molecule has 0 atom stereocenters. The lowest BCUT2D eigenvalue weighted by molar-refractivity contribution is 0.296. The summed E-state index contributed by atoms with van der Waals surface area (Å²) in [7, 11) is 5.97. The van der Waals surface area contributed by atoms with Gasteiger partial charge in [0.05, 0.1) is 6.61 Å². The van der Waals surface area contributed by atoms with Crippen molar-refractivity contribution in [1.82, 2.24) is 15.5 Å². The first-order chi connectivity index (χ1) is 14.0. The minimum Gasteiger partial charge on any atom is -0.493 e. The zero-order valence-corrected chi connectivity index (χ0v) is 20.9. The summed E-state index contributed by atoms with van der Waals surface area (Å²) < 4.78 is 6.07. The average molecular weight is 522 g/mol. The van der Waals surface area contributed by atoms with Crippen molar-refractivity contribution >= 4 is 29.9 Å². The molecule has 0 amide bonds. The quantitative estimate of drug-likeness (QED) is 0.293. The Labute approximate surface area is 198 Å². The fraction of sp³-hybridized carbons (Fsp3) is 0.458. The molecule has 1 aliphatic rings. The molecule has 0 saturated heterocycles. The minimum atomic E-state index is 0. The standard InChI is InChI=1S/C24H34N4O.HI/c1-18-5-12-22(23(13-18)29-17-21-10-11-21)15-27-24(25-2)26-14-19-6-8-20(9-7-19)16-28(3)4;/h5-9,12-13,21H,10-11,14-17H2,1-4H3,(H2,25,26,27);1H. The first-order valence-electron chi connectivity index (χ1n) is 10.4. The van der Waals surface area contributed by atoms with E-state index in [-0.39, 0.29) is 24.0 Å². The molecule has 0 heterocycles. The van der Waals surface area contributed by atoms with Crippen LogP contribution in [0.5, 0.6) is 5.75 Å². The van der Waals surface area contributed by atoms with Gasteiger partial charge < -0.3 is 20.3 Å². The molecule has 1 saturated carbocycles. The molecule has 0 bridgehead atoms. The molecule has 1 fully saturated rings.